The number of nitrogens with one attached hydrogen (secondary N) is 1. The molecule has 0 fully saturated rings. The molecule has 1 N–H and O–H groups in total. The van der Waals surface area contributed by atoms with Crippen molar-refractivity contribution in [2.45, 2.75) is 19.9 Å². The number of nitrogens with zero attached hydrogens (tertiary/aromatic N) is 1. The summed E-state index contributed by atoms with van der Waals surface area (Å²) in [6.07, 6.45) is 0.761. The van der Waals surface area contributed by atoms with Crippen LogP contribution in [0.3, 0.4) is 0 Å². The molecule has 2 rings (SSSR count). The summed E-state index contributed by atoms with van der Waals surface area (Å²) in [5.74, 6) is -1.56. The van der Waals surface area contributed by atoms with Gasteiger partial charge in [0.2, 0.25) is 0 Å². The summed E-state index contributed by atoms with van der Waals surface area (Å²) in [4.78, 5) is 13.8. The number of carbonyl (C=O) groups is 1. The van der Waals surface area contributed by atoms with Gasteiger partial charge in [-0.15, -0.1) is 0 Å². The van der Waals surface area contributed by atoms with Crippen molar-refractivity contribution in [2.75, 3.05) is 11.9 Å². The minimum atomic E-state index is -0.782. The van der Waals surface area contributed by atoms with Gasteiger partial charge in [-0.05, 0) is 40.9 Å². The second-order valence-electron chi connectivity index (χ2n) is 4.58. The van der Waals surface area contributed by atoms with Crippen LogP contribution in [0.15, 0.2) is 35.0 Å². The van der Waals surface area contributed by atoms with E-state index in [-0.39, 0.29) is 0 Å². The Morgan fingerprint density at radius 1 is 1.29 bits per heavy atom. The highest BCUT2D eigenvalue weighted by atomic mass is 32.1. The highest BCUT2D eigenvalue weighted by Crippen LogP contribution is 2.19. The summed E-state index contributed by atoms with van der Waals surface area (Å²) >= 11 is 1.54. The Kier molecular flexibility index (Phi) is 5.27. The predicted molar refractivity (Wildman–Crippen MR) is 80.4 cm³/mol. The van der Waals surface area contributed by atoms with Crippen LogP contribution in [0.5, 0.6) is 0 Å². The molecule has 0 atom stereocenters. The van der Waals surface area contributed by atoms with Crippen LogP contribution >= 0.6 is 11.3 Å². The van der Waals surface area contributed by atoms with Gasteiger partial charge in [0.05, 0.1) is 0 Å². The fraction of sp³-hybridized carbons (Fsp3) is 0.267. The molecule has 0 bridgehead atoms. The molecule has 0 aliphatic carbocycles. The van der Waals surface area contributed by atoms with Crippen molar-refractivity contribution < 1.29 is 13.6 Å². The number of benzene rings is 1. The van der Waals surface area contributed by atoms with Crippen molar-refractivity contribution in [3.05, 3.63) is 52.2 Å². The second-order valence-corrected chi connectivity index (χ2v) is 5.36. The third-order valence-corrected chi connectivity index (χ3v) is 3.66. The van der Waals surface area contributed by atoms with Crippen LogP contribution in [0.4, 0.5) is 19.3 Å². The van der Waals surface area contributed by atoms with Crippen molar-refractivity contribution in [1.82, 2.24) is 4.90 Å². The smallest absolute Gasteiger partial charge is 0.320 e. The van der Waals surface area contributed by atoms with E-state index in [1.807, 2.05) is 23.8 Å². The minimum absolute atomic E-state index is 0.408. The van der Waals surface area contributed by atoms with E-state index in [9.17, 15) is 13.6 Å². The number of thiophene rings is 1. The lowest BCUT2D eigenvalue weighted by Gasteiger charge is -2.22. The van der Waals surface area contributed by atoms with Crippen molar-refractivity contribution >= 4 is 23.1 Å². The van der Waals surface area contributed by atoms with Crippen molar-refractivity contribution in [3.63, 3.8) is 0 Å². The minimum Gasteiger partial charge on any atom is -0.320 e. The predicted octanol–water partition coefficient (Wildman–Crippen LogP) is 4.47. The Balaban J connectivity index is 2.11. The van der Waals surface area contributed by atoms with E-state index >= 15 is 0 Å². The molecule has 2 amide bonds. The molecule has 0 radical (unpaired) electrons. The number of rotatable bonds is 5. The first-order valence-corrected chi connectivity index (χ1v) is 7.57. The van der Waals surface area contributed by atoms with Crippen molar-refractivity contribution in [2.24, 2.45) is 0 Å². The highest BCUT2D eigenvalue weighted by Gasteiger charge is 2.17. The second kappa shape index (κ2) is 7.17. The quantitative estimate of drug-likeness (QED) is 0.868. The first-order valence-electron chi connectivity index (χ1n) is 6.62. The molecule has 0 aliphatic rings. The van der Waals surface area contributed by atoms with Gasteiger partial charge in [-0.2, -0.15) is 11.3 Å². The first kappa shape index (κ1) is 15.4. The summed E-state index contributed by atoms with van der Waals surface area (Å²) in [5, 5.41) is 6.18. The number of amides is 2. The van der Waals surface area contributed by atoms with Gasteiger partial charge in [0.1, 0.15) is 17.3 Å². The lowest BCUT2D eigenvalue weighted by Crippen LogP contribution is -2.35. The molecule has 2 aromatic rings. The molecule has 21 heavy (non-hydrogen) atoms. The van der Waals surface area contributed by atoms with Crippen LogP contribution in [0.2, 0.25) is 0 Å². The maximum Gasteiger partial charge on any atom is 0.322 e. The largest absolute Gasteiger partial charge is 0.322 e. The number of hydrogen-bond donors (Lipinski definition) is 1. The molecule has 0 aliphatic heterocycles. The highest BCUT2D eigenvalue weighted by molar-refractivity contribution is 7.07. The van der Waals surface area contributed by atoms with E-state index in [4.69, 9.17) is 0 Å². The van der Waals surface area contributed by atoms with Crippen LogP contribution in [-0.2, 0) is 6.54 Å². The van der Waals surface area contributed by atoms with Crippen LogP contribution in [-0.4, -0.2) is 17.5 Å². The molecule has 3 nitrogen and oxygen atoms in total. The van der Waals surface area contributed by atoms with Gasteiger partial charge in [0.15, 0.2) is 0 Å². The SMILES string of the molecule is CCCN(Cc1ccsc1)C(=O)Nc1c(F)cccc1F. The van der Waals surface area contributed by atoms with Gasteiger partial charge in [-0.3, -0.25) is 0 Å². The number of carbonyl (C=O) groups excluding carboxylic acids is 1. The molecular weight excluding hydrogens is 294 g/mol. The van der Waals surface area contributed by atoms with Gasteiger partial charge < -0.3 is 10.2 Å². The van der Waals surface area contributed by atoms with E-state index in [1.54, 1.807) is 11.3 Å². The van der Waals surface area contributed by atoms with E-state index < -0.39 is 23.4 Å². The maximum absolute atomic E-state index is 13.6. The summed E-state index contributed by atoms with van der Waals surface area (Å²) < 4.78 is 27.1. The number of halogens is 2. The van der Waals surface area contributed by atoms with Crippen LogP contribution < -0.4 is 5.32 Å². The van der Waals surface area contributed by atoms with Gasteiger partial charge in [-0.1, -0.05) is 13.0 Å². The van der Waals surface area contributed by atoms with Crippen molar-refractivity contribution in [1.29, 1.82) is 0 Å². The third kappa shape index (κ3) is 4.01. The normalized spacial score (nSPS) is 10.4. The fourth-order valence-electron chi connectivity index (χ4n) is 1.93. The average Bonchev–Trinajstić information content (AvgIpc) is 2.95. The summed E-state index contributed by atoms with van der Waals surface area (Å²) in [6, 6.07) is 4.90. The molecule has 6 heteroatoms. The maximum atomic E-state index is 13.6. The molecule has 1 heterocycles. The molecule has 1 aromatic heterocycles. The monoisotopic (exact) mass is 310 g/mol. The summed E-state index contributed by atoms with van der Waals surface area (Å²) in [5.41, 5.74) is 0.589. The zero-order valence-electron chi connectivity index (χ0n) is 11.6. The Hall–Kier alpha value is -1.95. The Bertz CT molecular complexity index is 581. The standard InChI is InChI=1S/C15H16F2N2OS/c1-2-7-19(9-11-6-8-21-10-11)15(20)18-14-12(16)4-3-5-13(14)17/h3-6,8,10H,2,7,9H2,1H3,(H,18,20). The van der Waals surface area contributed by atoms with E-state index in [0.717, 1.165) is 24.1 Å². The van der Waals surface area contributed by atoms with Gasteiger partial charge in [-0.25, -0.2) is 13.6 Å². The average molecular weight is 310 g/mol. The number of anilines is 1. The number of hydrogen-bond acceptors (Lipinski definition) is 2. The first-order chi connectivity index (χ1) is 10.1. The van der Waals surface area contributed by atoms with Crippen LogP contribution in [0, 0.1) is 11.6 Å². The Morgan fingerprint density at radius 3 is 2.57 bits per heavy atom. The lowest BCUT2D eigenvalue weighted by atomic mass is 10.3. The van der Waals surface area contributed by atoms with Gasteiger partial charge in [0.25, 0.3) is 0 Å². The summed E-state index contributed by atoms with van der Waals surface area (Å²) in [6.45, 7) is 2.87. The van der Waals surface area contributed by atoms with Crippen LogP contribution in [0.25, 0.3) is 0 Å². The molecular formula is C15H16F2N2OS. The molecule has 0 saturated heterocycles. The molecule has 0 saturated carbocycles. The van der Waals surface area contributed by atoms with Gasteiger partial charge >= 0.3 is 6.03 Å². The lowest BCUT2D eigenvalue weighted by molar-refractivity contribution is 0.209. The van der Waals surface area contributed by atoms with Gasteiger partial charge in [0, 0.05) is 13.1 Å². The molecule has 0 spiro atoms. The number of urea groups is 1. The van der Waals surface area contributed by atoms with E-state index in [0.29, 0.717) is 13.1 Å². The molecule has 112 valence electrons. The molecule has 1 aromatic carbocycles. The third-order valence-electron chi connectivity index (χ3n) is 2.93. The molecule has 0 unspecified atom stereocenters. The zero-order valence-corrected chi connectivity index (χ0v) is 12.4. The topological polar surface area (TPSA) is 32.3 Å². The zero-order chi connectivity index (χ0) is 15.2. The fourth-order valence-corrected chi connectivity index (χ4v) is 2.59. The van der Waals surface area contributed by atoms with Crippen LogP contribution in [0.1, 0.15) is 18.9 Å². The number of para-hydroxylation sites is 1. The van der Waals surface area contributed by atoms with E-state index in [2.05, 4.69) is 5.32 Å². The van der Waals surface area contributed by atoms with E-state index in [1.165, 1.54) is 11.0 Å². The summed E-state index contributed by atoms with van der Waals surface area (Å²) in [7, 11) is 0. The van der Waals surface area contributed by atoms with Crippen molar-refractivity contribution in [3.8, 4) is 0 Å². The Morgan fingerprint density at radius 2 is 2.00 bits per heavy atom. The Labute approximate surface area is 126 Å².